The van der Waals surface area contributed by atoms with Gasteiger partial charge in [0, 0.05) is 12.2 Å². The van der Waals surface area contributed by atoms with E-state index in [4.69, 9.17) is 0 Å². The van der Waals surface area contributed by atoms with Gasteiger partial charge in [-0.1, -0.05) is 27.7 Å². The second kappa shape index (κ2) is 5.39. The van der Waals surface area contributed by atoms with Gasteiger partial charge >= 0.3 is 0 Å². The minimum Gasteiger partial charge on any atom is -0.310 e. The van der Waals surface area contributed by atoms with E-state index in [2.05, 4.69) is 38.0 Å². The lowest BCUT2D eigenvalue weighted by Crippen LogP contribution is -2.25. The van der Waals surface area contributed by atoms with E-state index < -0.39 is 0 Å². The van der Waals surface area contributed by atoms with Gasteiger partial charge < -0.3 is 5.32 Å². The summed E-state index contributed by atoms with van der Waals surface area (Å²) >= 11 is 0. The fourth-order valence-electron chi connectivity index (χ4n) is 1.79. The Bertz CT molecular complexity index is 331. The van der Waals surface area contributed by atoms with E-state index in [1.807, 2.05) is 0 Å². The van der Waals surface area contributed by atoms with Gasteiger partial charge in [-0.05, 0) is 30.0 Å². The Hall–Kier alpha value is -0.960. The molecule has 0 aromatic carbocycles. The third-order valence-corrected chi connectivity index (χ3v) is 2.40. The van der Waals surface area contributed by atoms with Gasteiger partial charge in [0.1, 0.15) is 5.82 Å². The number of hydrogen-bond acceptors (Lipinski definition) is 2. The Labute approximate surface area is 97.3 Å². The summed E-state index contributed by atoms with van der Waals surface area (Å²) in [6, 6.07) is 1.74. The molecule has 0 saturated carbocycles. The predicted molar refractivity (Wildman–Crippen MR) is 64.7 cm³/mol. The van der Waals surface area contributed by atoms with E-state index in [0.717, 1.165) is 18.5 Å². The number of rotatable bonds is 4. The lowest BCUT2D eigenvalue weighted by Gasteiger charge is -2.26. The average molecular weight is 224 g/mol. The second-order valence-electron chi connectivity index (χ2n) is 5.31. The summed E-state index contributed by atoms with van der Waals surface area (Å²) < 4.78 is 13.1. The van der Waals surface area contributed by atoms with Crippen molar-refractivity contribution in [3.05, 3.63) is 29.8 Å². The lowest BCUT2D eigenvalue weighted by molar-refractivity contribution is 0.313. The lowest BCUT2D eigenvalue weighted by atomic mass is 9.86. The molecule has 0 aliphatic rings. The zero-order valence-electron chi connectivity index (χ0n) is 10.5. The zero-order valence-corrected chi connectivity index (χ0v) is 10.5. The number of pyridine rings is 1. The summed E-state index contributed by atoms with van der Waals surface area (Å²) in [5, 5.41) is 3.38. The van der Waals surface area contributed by atoms with Gasteiger partial charge in [-0.15, -0.1) is 0 Å². The van der Waals surface area contributed by atoms with Gasteiger partial charge in [0.15, 0.2) is 0 Å². The largest absolute Gasteiger partial charge is 0.310 e. The van der Waals surface area contributed by atoms with Crippen molar-refractivity contribution in [1.29, 1.82) is 0 Å². The maximum atomic E-state index is 13.1. The first-order valence-corrected chi connectivity index (χ1v) is 5.76. The van der Waals surface area contributed by atoms with Crippen molar-refractivity contribution >= 4 is 0 Å². The van der Waals surface area contributed by atoms with Crippen molar-refractivity contribution in [2.24, 2.45) is 5.41 Å². The highest BCUT2D eigenvalue weighted by molar-refractivity contribution is 5.15. The van der Waals surface area contributed by atoms with Crippen LogP contribution in [-0.4, -0.2) is 11.5 Å². The van der Waals surface area contributed by atoms with Crippen LogP contribution >= 0.6 is 0 Å². The molecular weight excluding hydrogens is 203 g/mol. The normalized spacial score (nSPS) is 13.8. The van der Waals surface area contributed by atoms with Gasteiger partial charge in [0.05, 0.1) is 6.20 Å². The van der Waals surface area contributed by atoms with E-state index in [9.17, 15) is 4.39 Å². The molecule has 1 N–H and O–H groups in total. The van der Waals surface area contributed by atoms with Crippen LogP contribution < -0.4 is 5.32 Å². The van der Waals surface area contributed by atoms with E-state index in [0.29, 0.717) is 0 Å². The highest BCUT2D eigenvalue weighted by Gasteiger charge is 2.19. The van der Waals surface area contributed by atoms with E-state index in [1.54, 1.807) is 12.3 Å². The highest BCUT2D eigenvalue weighted by atomic mass is 19.1. The SMILES string of the molecule is CCNC(CC(C)(C)C)c1cncc(F)c1. The topological polar surface area (TPSA) is 24.9 Å². The number of halogens is 1. The molecule has 0 radical (unpaired) electrons. The monoisotopic (exact) mass is 224 g/mol. The summed E-state index contributed by atoms with van der Waals surface area (Å²) in [5.41, 5.74) is 1.14. The van der Waals surface area contributed by atoms with Crippen molar-refractivity contribution in [3.8, 4) is 0 Å². The van der Waals surface area contributed by atoms with Crippen LogP contribution in [0.5, 0.6) is 0 Å². The Morgan fingerprint density at radius 2 is 2.06 bits per heavy atom. The molecule has 2 nitrogen and oxygen atoms in total. The van der Waals surface area contributed by atoms with Gasteiger partial charge in [-0.2, -0.15) is 0 Å². The van der Waals surface area contributed by atoms with Crippen molar-refractivity contribution < 1.29 is 4.39 Å². The molecule has 0 saturated heterocycles. The van der Waals surface area contributed by atoms with Gasteiger partial charge in [-0.3, -0.25) is 4.98 Å². The molecule has 1 aromatic heterocycles. The van der Waals surface area contributed by atoms with E-state index in [-0.39, 0.29) is 17.3 Å². The van der Waals surface area contributed by atoms with E-state index >= 15 is 0 Å². The quantitative estimate of drug-likeness (QED) is 0.848. The van der Waals surface area contributed by atoms with Crippen molar-refractivity contribution in [2.75, 3.05) is 6.54 Å². The molecule has 1 atom stereocenters. The molecule has 1 aromatic rings. The summed E-state index contributed by atoms with van der Waals surface area (Å²) in [6.45, 7) is 9.48. The highest BCUT2D eigenvalue weighted by Crippen LogP contribution is 2.29. The van der Waals surface area contributed by atoms with Crippen LogP contribution in [0.4, 0.5) is 4.39 Å². The van der Waals surface area contributed by atoms with Crippen molar-refractivity contribution in [3.63, 3.8) is 0 Å². The molecule has 1 unspecified atom stereocenters. The number of nitrogens with zero attached hydrogens (tertiary/aromatic N) is 1. The first-order chi connectivity index (χ1) is 7.42. The smallest absolute Gasteiger partial charge is 0.141 e. The molecule has 0 aliphatic heterocycles. The number of aromatic nitrogens is 1. The Kier molecular flexibility index (Phi) is 4.42. The molecule has 1 heterocycles. The summed E-state index contributed by atoms with van der Waals surface area (Å²) in [4.78, 5) is 3.90. The summed E-state index contributed by atoms with van der Waals surface area (Å²) in [5.74, 6) is -0.269. The standard InChI is InChI=1S/C13H21FN2/c1-5-16-12(7-13(2,3)4)10-6-11(14)9-15-8-10/h6,8-9,12,16H,5,7H2,1-4H3. The zero-order chi connectivity index (χ0) is 12.2. The maximum absolute atomic E-state index is 13.1. The molecule has 0 amide bonds. The molecule has 0 aliphatic carbocycles. The fraction of sp³-hybridized carbons (Fsp3) is 0.615. The maximum Gasteiger partial charge on any atom is 0.141 e. The average Bonchev–Trinajstić information content (AvgIpc) is 2.15. The Morgan fingerprint density at radius 3 is 2.56 bits per heavy atom. The molecule has 90 valence electrons. The molecule has 3 heteroatoms. The Morgan fingerprint density at radius 1 is 1.38 bits per heavy atom. The number of hydrogen-bond donors (Lipinski definition) is 1. The predicted octanol–water partition coefficient (Wildman–Crippen LogP) is 3.31. The van der Waals surface area contributed by atoms with Crippen molar-refractivity contribution in [1.82, 2.24) is 10.3 Å². The fourth-order valence-corrected chi connectivity index (χ4v) is 1.79. The van der Waals surface area contributed by atoms with Crippen LogP contribution in [0.1, 0.15) is 45.7 Å². The molecule has 1 rings (SSSR count). The first-order valence-electron chi connectivity index (χ1n) is 5.76. The van der Waals surface area contributed by atoms with Gasteiger partial charge in [-0.25, -0.2) is 4.39 Å². The molecule has 0 bridgehead atoms. The van der Waals surface area contributed by atoms with Crippen LogP contribution in [0.3, 0.4) is 0 Å². The van der Waals surface area contributed by atoms with Crippen LogP contribution in [0.15, 0.2) is 18.5 Å². The van der Waals surface area contributed by atoms with Gasteiger partial charge in [0.2, 0.25) is 0 Å². The minimum absolute atomic E-state index is 0.174. The third-order valence-electron chi connectivity index (χ3n) is 2.40. The summed E-state index contributed by atoms with van der Waals surface area (Å²) in [7, 11) is 0. The third kappa shape index (κ3) is 4.27. The summed E-state index contributed by atoms with van der Waals surface area (Å²) in [6.07, 6.45) is 3.94. The molecule has 0 spiro atoms. The molecule has 16 heavy (non-hydrogen) atoms. The second-order valence-corrected chi connectivity index (χ2v) is 5.31. The minimum atomic E-state index is -0.269. The van der Waals surface area contributed by atoms with Crippen LogP contribution in [0, 0.1) is 11.2 Å². The van der Waals surface area contributed by atoms with Crippen molar-refractivity contribution in [2.45, 2.75) is 40.2 Å². The van der Waals surface area contributed by atoms with Crippen LogP contribution in [0.25, 0.3) is 0 Å². The molecular formula is C13H21FN2. The van der Waals surface area contributed by atoms with Crippen LogP contribution in [0.2, 0.25) is 0 Å². The molecule has 0 fully saturated rings. The van der Waals surface area contributed by atoms with E-state index in [1.165, 1.54) is 6.20 Å². The Balaban J connectivity index is 2.85. The number of nitrogens with one attached hydrogen (secondary N) is 1. The van der Waals surface area contributed by atoms with Gasteiger partial charge in [0.25, 0.3) is 0 Å². The first kappa shape index (κ1) is 13.1. The van der Waals surface area contributed by atoms with Crippen LogP contribution in [-0.2, 0) is 0 Å².